The summed E-state index contributed by atoms with van der Waals surface area (Å²) in [6, 6.07) is 5.09. The largest absolute Gasteiger partial charge is 0.398 e. The smallest absolute Gasteiger partial charge is 0.260 e. The van der Waals surface area contributed by atoms with Crippen LogP contribution in [0.3, 0.4) is 0 Å². The summed E-state index contributed by atoms with van der Waals surface area (Å²) < 4.78 is 7.01. The third-order valence-electron chi connectivity index (χ3n) is 2.69. The Morgan fingerprint density at radius 2 is 2.21 bits per heavy atom. The minimum Gasteiger partial charge on any atom is -0.398 e. The zero-order chi connectivity index (χ0) is 13.4. The summed E-state index contributed by atoms with van der Waals surface area (Å²) in [5, 5.41) is 4.45. The highest BCUT2D eigenvalue weighted by atomic mass is 35.5. The van der Waals surface area contributed by atoms with E-state index >= 15 is 0 Å². The molecule has 2 aromatic heterocycles. The van der Waals surface area contributed by atoms with E-state index in [1.807, 2.05) is 7.05 Å². The Morgan fingerprint density at radius 3 is 2.95 bits per heavy atom. The molecule has 0 unspecified atom stereocenters. The van der Waals surface area contributed by atoms with Crippen molar-refractivity contribution in [3.63, 3.8) is 0 Å². The van der Waals surface area contributed by atoms with Crippen molar-refractivity contribution >= 4 is 17.3 Å². The number of nitrogen functional groups attached to an aromatic ring is 1. The maximum absolute atomic E-state index is 5.94. The second-order valence-electron chi connectivity index (χ2n) is 4.02. The number of hydrogen-bond donors (Lipinski definition) is 1. The van der Waals surface area contributed by atoms with Gasteiger partial charge in [-0.05, 0) is 18.2 Å². The van der Waals surface area contributed by atoms with E-state index in [2.05, 4.69) is 15.1 Å². The van der Waals surface area contributed by atoms with E-state index in [-0.39, 0.29) is 0 Å². The fraction of sp³-hybridized carbons (Fsp3) is 0.0833. The van der Waals surface area contributed by atoms with E-state index < -0.39 is 0 Å². The van der Waals surface area contributed by atoms with E-state index in [4.69, 9.17) is 21.9 Å². The van der Waals surface area contributed by atoms with Crippen molar-refractivity contribution < 1.29 is 4.52 Å². The van der Waals surface area contributed by atoms with Crippen LogP contribution in [-0.2, 0) is 7.05 Å². The van der Waals surface area contributed by atoms with Gasteiger partial charge in [0.2, 0.25) is 5.82 Å². The topological polar surface area (TPSA) is 82.8 Å². The normalized spacial score (nSPS) is 10.8. The standard InChI is InChI=1S/C12H10ClN5O/c1-18-5-4-15-11(18)10-16-12(19-17-10)8-6-7(13)2-3-9(8)14/h2-6H,14H2,1H3. The van der Waals surface area contributed by atoms with Gasteiger partial charge in [-0.25, -0.2) is 4.98 Å². The van der Waals surface area contributed by atoms with Gasteiger partial charge in [0, 0.05) is 30.2 Å². The van der Waals surface area contributed by atoms with Crippen molar-refractivity contribution in [2.24, 2.45) is 7.05 Å². The number of aromatic nitrogens is 4. The Labute approximate surface area is 113 Å². The van der Waals surface area contributed by atoms with Crippen molar-refractivity contribution in [1.82, 2.24) is 19.7 Å². The molecular formula is C12H10ClN5O. The Bertz CT molecular complexity index is 733. The summed E-state index contributed by atoms with van der Waals surface area (Å²) in [6.07, 6.45) is 3.47. The maximum atomic E-state index is 5.94. The lowest BCUT2D eigenvalue weighted by atomic mass is 10.2. The average molecular weight is 276 g/mol. The molecule has 0 saturated carbocycles. The Morgan fingerprint density at radius 1 is 1.37 bits per heavy atom. The Kier molecular flexibility index (Phi) is 2.72. The maximum Gasteiger partial charge on any atom is 0.260 e. The highest BCUT2D eigenvalue weighted by Crippen LogP contribution is 2.28. The van der Waals surface area contributed by atoms with Gasteiger partial charge in [0.25, 0.3) is 5.89 Å². The molecule has 3 aromatic rings. The average Bonchev–Trinajstić information content (AvgIpc) is 3.00. The molecule has 0 radical (unpaired) electrons. The van der Waals surface area contributed by atoms with Gasteiger partial charge in [-0.3, -0.25) is 0 Å². The number of anilines is 1. The van der Waals surface area contributed by atoms with Crippen LogP contribution >= 0.6 is 11.6 Å². The van der Waals surface area contributed by atoms with E-state index in [1.165, 1.54) is 0 Å². The molecule has 19 heavy (non-hydrogen) atoms. The van der Waals surface area contributed by atoms with Crippen LogP contribution in [-0.4, -0.2) is 19.7 Å². The van der Waals surface area contributed by atoms with Crippen LogP contribution in [0.1, 0.15) is 0 Å². The number of rotatable bonds is 2. The lowest BCUT2D eigenvalue weighted by molar-refractivity contribution is 0.432. The van der Waals surface area contributed by atoms with Gasteiger partial charge >= 0.3 is 0 Å². The van der Waals surface area contributed by atoms with Crippen LogP contribution < -0.4 is 5.73 Å². The lowest BCUT2D eigenvalue weighted by Crippen LogP contribution is -1.93. The number of nitrogens with two attached hydrogens (primary N) is 1. The molecule has 0 fully saturated rings. The van der Waals surface area contributed by atoms with Crippen LogP contribution in [0.4, 0.5) is 5.69 Å². The number of aryl methyl sites for hydroxylation is 1. The van der Waals surface area contributed by atoms with Gasteiger partial charge in [-0.1, -0.05) is 16.8 Å². The van der Waals surface area contributed by atoms with Crippen molar-refractivity contribution in [3.05, 3.63) is 35.6 Å². The van der Waals surface area contributed by atoms with Gasteiger partial charge in [0.05, 0.1) is 5.56 Å². The number of hydrogen-bond acceptors (Lipinski definition) is 5. The lowest BCUT2D eigenvalue weighted by Gasteiger charge is -2.00. The first-order valence-corrected chi connectivity index (χ1v) is 5.90. The van der Waals surface area contributed by atoms with E-state index in [9.17, 15) is 0 Å². The monoisotopic (exact) mass is 275 g/mol. The van der Waals surface area contributed by atoms with Crippen LogP contribution in [0.25, 0.3) is 23.1 Å². The van der Waals surface area contributed by atoms with Gasteiger partial charge < -0.3 is 14.8 Å². The second kappa shape index (κ2) is 4.40. The summed E-state index contributed by atoms with van der Waals surface area (Å²) in [6.45, 7) is 0. The zero-order valence-electron chi connectivity index (χ0n) is 10.0. The highest BCUT2D eigenvalue weighted by Gasteiger charge is 2.15. The molecule has 0 saturated heterocycles. The van der Waals surface area contributed by atoms with Crippen LogP contribution in [0, 0.1) is 0 Å². The summed E-state index contributed by atoms with van der Waals surface area (Å²) in [4.78, 5) is 8.44. The predicted octanol–water partition coefficient (Wildman–Crippen LogP) is 2.37. The molecule has 0 aliphatic rings. The predicted molar refractivity (Wildman–Crippen MR) is 71.4 cm³/mol. The molecule has 0 aliphatic carbocycles. The number of imidazole rings is 1. The fourth-order valence-electron chi connectivity index (χ4n) is 1.72. The zero-order valence-corrected chi connectivity index (χ0v) is 10.8. The van der Waals surface area contributed by atoms with Gasteiger partial charge in [0.1, 0.15) is 0 Å². The van der Waals surface area contributed by atoms with E-state index in [1.54, 1.807) is 35.2 Å². The van der Waals surface area contributed by atoms with Crippen molar-refractivity contribution in [3.8, 4) is 23.1 Å². The van der Waals surface area contributed by atoms with Crippen molar-refractivity contribution in [2.75, 3.05) is 5.73 Å². The summed E-state index contributed by atoms with van der Waals surface area (Å²) in [5.74, 6) is 1.34. The molecule has 6 nitrogen and oxygen atoms in total. The van der Waals surface area contributed by atoms with Gasteiger partial charge in [-0.2, -0.15) is 4.98 Å². The van der Waals surface area contributed by atoms with Crippen molar-refractivity contribution in [1.29, 1.82) is 0 Å². The molecular weight excluding hydrogens is 266 g/mol. The Balaban J connectivity index is 2.06. The van der Waals surface area contributed by atoms with Crippen LogP contribution in [0.5, 0.6) is 0 Å². The minimum atomic E-state index is 0.318. The molecule has 0 atom stereocenters. The first kappa shape index (κ1) is 11.7. The van der Waals surface area contributed by atoms with Crippen LogP contribution in [0.2, 0.25) is 5.02 Å². The first-order valence-electron chi connectivity index (χ1n) is 5.52. The Hall–Kier alpha value is -2.34. The van der Waals surface area contributed by atoms with E-state index in [0.717, 1.165) is 0 Å². The molecule has 3 rings (SSSR count). The third-order valence-corrected chi connectivity index (χ3v) is 2.93. The molecule has 2 heterocycles. The minimum absolute atomic E-state index is 0.318. The number of benzene rings is 1. The third kappa shape index (κ3) is 2.06. The fourth-order valence-corrected chi connectivity index (χ4v) is 1.89. The second-order valence-corrected chi connectivity index (χ2v) is 4.45. The molecule has 0 spiro atoms. The SMILES string of the molecule is Cn1ccnc1-c1noc(-c2cc(Cl)ccc2N)n1. The summed E-state index contributed by atoms with van der Waals surface area (Å²) >= 11 is 5.94. The van der Waals surface area contributed by atoms with Crippen LogP contribution in [0.15, 0.2) is 35.1 Å². The quantitative estimate of drug-likeness (QED) is 0.726. The molecule has 1 aromatic carbocycles. The van der Waals surface area contributed by atoms with Crippen molar-refractivity contribution in [2.45, 2.75) is 0 Å². The van der Waals surface area contributed by atoms with E-state index in [0.29, 0.717) is 33.8 Å². The number of nitrogens with zero attached hydrogens (tertiary/aromatic N) is 4. The molecule has 0 amide bonds. The molecule has 2 N–H and O–H groups in total. The molecule has 0 aliphatic heterocycles. The summed E-state index contributed by atoms with van der Waals surface area (Å²) in [7, 11) is 1.85. The van der Waals surface area contributed by atoms with Gasteiger partial charge in [-0.15, -0.1) is 0 Å². The highest BCUT2D eigenvalue weighted by molar-refractivity contribution is 6.31. The first-order chi connectivity index (χ1) is 9.15. The summed E-state index contributed by atoms with van der Waals surface area (Å²) in [5.41, 5.74) is 7.01. The van der Waals surface area contributed by atoms with Gasteiger partial charge in [0.15, 0.2) is 5.82 Å². The number of halogens is 1. The molecule has 0 bridgehead atoms. The molecule has 96 valence electrons. The molecule has 7 heteroatoms.